The van der Waals surface area contributed by atoms with Crippen molar-refractivity contribution in [3.05, 3.63) is 41.1 Å². The lowest BCUT2D eigenvalue weighted by Crippen LogP contribution is -2.37. The first-order chi connectivity index (χ1) is 14.8. The number of hydrogen-bond donors (Lipinski definition) is 2. The van der Waals surface area contributed by atoms with Crippen LogP contribution in [0.1, 0.15) is 30.1 Å². The summed E-state index contributed by atoms with van der Waals surface area (Å²) in [6, 6.07) is 2.39. The summed E-state index contributed by atoms with van der Waals surface area (Å²) in [7, 11) is 0. The zero-order chi connectivity index (χ0) is 22.2. The van der Waals surface area contributed by atoms with Crippen LogP contribution in [0.15, 0.2) is 18.3 Å². The van der Waals surface area contributed by atoms with Crippen LogP contribution in [0.25, 0.3) is 0 Å². The zero-order valence-electron chi connectivity index (χ0n) is 16.0. The second-order valence-electron chi connectivity index (χ2n) is 7.29. The molecule has 1 saturated heterocycles. The van der Waals surface area contributed by atoms with Crippen LogP contribution in [0.5, 0.6) is 0 Å². The molecule has 0 radical (unpaired) electrons. The van der Waals surface area contributed by atoms with Gasteiger partial charge in [-0.25, -0.2) is 13.8 Å². The number of nitrogens with zero attached hydrogens (tertiary/aromatic N) is 3. The number of anilines is 3. The molecule has 31 heavy (non-hydrogen) atoms. The molecule has 1 aromatic carbocycles. The summed E-state index contributed by atoms with van der Waals surface area (Å²) in [5, 5.41) is 5.10. The number of aromatic nitrogens is 2. The second-order valence-corrected chi connectivity index (χ2v) is 7.29. The number of nitrogens with one attached hydrogen (secondary N) is 2. The van der Waals surface area contributed by atoms with Gasteiger partial charge in [0.2, 0.25) is 12.4 Å². The third-order valence-corrected chi connectivity index (χ3v) is 4.96. The van der Waals surface area contributed by atoms with Gasteiger partial charge in [-0.15, -0.1) is 0 Å². The van der Waals surface area contributed by atoms with Gasteiger partial charge in [0, 0.05) is 24.3 Å². The third-order valence-electron chi connectivity index (χ3n) is 4.96. The Kier molecular flexibility index (Phi) is 5.65. The van der Waals surface area contributed by atoms with E-state index in [9.17, 15) is 26.7 Å². The average Bonchev–Trinajstić information content (AvgIpc) is 3.55. The van der Waals surface area contributed by atoms with Gasteiger partial charge in [0.05, 0.1) is 18.8 Å². The Balaban J connectivity index is 1.58. The number of carbonyl (C=O) groups excluding carboxylic acids is 1. The second kappa shape index (κ2) is 8.25. The maximum absolute atomic E-state index is 14.7. The maximum atomic E-state index is 14.7. The van der Waals surface area contributed by atoms with E-state index in [1.165, 1.54) is 17.0 Å². The van der Waals surface area contributed by atoms with Gasteiger partial charge in [0.25, 0.3) is 0 Å². The first kappa shape index (κ1) is 21.2. The topological polar surface area (TPSA) is 79.4 Å². The molecule has 166 valence electrons. The van der Waals surface area contributed by atoms with Crippen LogP contribution in [-0.2, 0) is 15.7 Å². The molecule has 1 amide bonds. The SMILES string of the molecule is O=CN1CCOC(c2ccc(Nc3ncc(C(F)(F)F)c(NC4CC4)n3)c(F)c2F)C1. The predicted octanol–water partition coefficient (Wildman–Crippen LogP) is 3.62. The molecule has 2 heterocycles. The van der Waals surface area contributed by atoms with Crippen LogP contribution in [0.3, 0.4) is 0 Å². The molecule has 1 aromatic heterocycles. The first-order valence-corrected chi connectivity index (χ1v) is 9.53. The largest absolute Gasteiger partial charge is 0.421 e. The van der Waals surface area contributed by atoms with Crippen LogP contribution >= 0.6 is 0 Å². The Morgan fingerprint density at radius 2 is 1.97 bits per heavy atom. The van der Waals surface area contributed by atoms with E-state index >= 15 is 0 Å². The molecular weight excluding hydrogens is 425 g/mol. The Morgan fingerprint density at radius 3 is 2.65 bits per heavy atom. The van der Waals surface area contributed by atoms with Crippen LogP contribution < -0.4 is 10.6 Å². The van der Waals surface area contributed by atoms with Crippen molar-refractivity contribution >= 4 is 23.9 Å². The van der Waals surface area contributed by atoms with Crippen molar-refractivity contribution in [3.8, 4) is 0 Å². The van der Waals surface area contributed by atoms with Crippen molar-refractivity contribution in [2.24, 2.45) is 0 Å². The van der Waals surface area contributed by atoms with E-state index in [4.69, 9.17) is 4.74 Å². The van der Waals surface area contributed by atoms with Crippen LogP contribution in [0, 0.1) is 11.6 Å². The monoisotopic (exact) mass is 443 g/mol. The molecule has 7 nitrogen and oxygen atoms in total. The minimum Gasteiger partial charge on any atom is -0.370 e. The normalized spacial score (nSPS) is 19.3. The Bertz CT molecular complexity index is 983. The fourth-order valence-corrected chi connectivity index (χ4v) is 3.16. The Morgan fingerprint density at radius 1 is 1.19 bits per heavy atom. The van der Waals surface area contributed by atoms with Crippen LogP contribution in [0.4, 0.5) is 39.4 Å². The highest BCUT2D eigenvalue weighted by Gasteiger charge is 2.37. The molecule has 1 aliphatic heterocycles. The molecule has 4 rings (SSSR count). The number of halogens is 5. The number of rotatable bonds is 6. The molecule has 0 bridgehead atoms. The minimum atomic E-state index is -4.66. The van der Waals surface area contributed by atoms with Crippen LogP contribution in [-0.4, -0.2) is 47.0 Å². The number of benzene rings is 1. The summed E-state index contributed by atoms with van der Waals surface area (Å²) < 4.78 is 74.3. The van der Waals surface area contributed by atoms with E-state index in [1.54, 1.807) is 0 Å². The highest BCUT2D eigenvalue weighted by atomic mass is 19.4. The average molecular weight is 443 g/mol. The molecule has 1 aliphatic carbocycles. The van der Waals surface area contributed by atoms with Crippen molar-refractivity contribution < 1.29 is 31.5 Å². The standard InChI is InChI=1S/C19H18F5N5O2/c20-15-11(14-8-29(9-30)5-6-31-14)3-4-13(16(15)21)27-18-25-7-12(19(22,23)24)17(28-18)26-10-1-2-10/h3-4,7,9-10,14H,1-2,5-6,8H2,(H2,25,26,27,28). The number of morpholine rings is 1. The summed E-state index contributed by atoms with van der Waals surface area (Å²) in [6.45, 7) is 0.609. The smallest absolute Gasteiger partial charge is 0.370 e. The number of alkyl halides is 3. The Labute approximate surface area is 173 Å². The highest BCUT2D eigenvalue weighted by molar-refractivity contribution is 5.58. The van der Waals surface area contributed by atoms with Crippen molar-refractivity contribution in [1.82, 2.24) is 14.9 Å². The van der Waals surface area contributed by atoms with Gasteiger partial charge in [0.1, 0.15) is 17.5 Å². The van der Waals surface area contributed by atoms with E-state index in [-0.39, 0.29) is 36.4 Å². The summed E-state index contributed by atoms with van der Waals surface area (Å²) in [6.07, 6.45) is -2.86. The van der Waals surface area contributed by atoms with Gasteiger partial charge in [-0.2, -0.15) is 18.2 Å². The molecular formula is C19H18F5N5O2. The fraction of sp³-hybridized carbons (Fsp3) is 0.421. The van der Waals surface area contributed by atoms with Gasteiger partial charge in [0.15, 0.2) is 11.6 Å². The van der Waals surface area contributed by atoms with Gasteiger partial charge in [-0.05, 0) is 18.9 Å². The summed E-state index contributed by atoms with van der Waals surface area (Å²) in [5.41, 5.74) is -1.46. The molecule has 2 aliphatic rings. The molecule has 1 saturated carbocycles. The number of hydrogen-bond acceptors (Lipinski definition) is 6. The summed E-state index contributed by atoms with van der Waals surface area (Å²) >= 11 is 0. The van der Waals surface area contributed by atoms with E-state index in [1.807, 2.05) is 0 Å². The highest BCUT2D eigenvalue weighted by Crippen LogP contribution is 2.37. The lowest BCUT2D eigenvalue weighted by molar-refractivity contribution is -0.137. The lowest BCUT2D eigenvalue weighted by atomic mass is 10.1. The Hall–Kier alpha value is -3.02. The molecule has 12 heteroatoms. The third kappa shape index (κ3) is 4.68. The van der Waals surface area contributed by atoms with Gasteiger partial charge in [-0.1, -0.05) is 6.07 Å². The minimum absolute atomic E-state index is 0.0703. The van der Waals surface area contributed by atoms with Gasteiger partial charge >= 0.3 is 6.18 Å². The lowest BCUT2D eigenvalue weighted by Gasteiger charge is -2.30. The molecule has 2 aromatic rings. The van der Waals surface area contributed by atoms with Crippen LogP contribution in [0.2, 0.25) is 0 Å². The molecule has 0 spiro atoms. The molecule has 1 unspecified atom stereocenters. The number of ether oxygens (including phenoxy) is 1. The fourth-order valence-electron chi connectivity index (χ4n) is 3.16. The summed E-state index contributed by atoms with van der Waals surface area (Å²) in [4.78, 5) is 19.7. The summed E-state index contributed by atoms with van der Waals surface area (Å²) in [5.74, 6) is -3.19. The van der Waals surface area contributed by atoms with Crippen molar-refractivity contribution in [1.29, 1.82) is 0 Å². The zero-order valence-corrected chi connectivity index (χ0v) is 16.0. The molecule has 1 atom stereocenters. The van der Waals surface area contributed by atoms with Crippen molar-refractivity contribution in [2.45, 2.75) is 31.2 Å². The first-order valence-electron chi connectivity index (χ1n) is 9.53. The number of carbonyl (C=O) groups is 1. The van der Waals surface area contributed by atoms with E-state index in [0.29, 0.717) is 19.2 Å². The van der Waals surface area contributed by atoms with E-state index < -0.39 is 35.3 Å². The quantitative estimate of drug-likeness (QED) is 0.525. The molecule has 2 fully saturated rings. The van der Waals surface area contributed by atoms with Crippen molar-refractivity contribution in [2.75, 3.05) is 30.3 Å². The predicted molar refractivity (Wildman–Crippen MR) is 99.6 cm³/mol. The molecule has 2 N–H and O–H groups in total. The number of amides is 1. The van der Waals surface area contributed by atoms with Crippen molar-refractivity contribution in [3.63, 3.8) is 0 Å². The van der Waals surface area contributed by atoms with E-state index in [0.717, 1.165) is 12.8 Å². The van der Waals surface area contributed by atoms with Gasteiger partial charge < -0.3 is 20.3 Å². The maximum Gasteiger partial charge on any atom is 0.421 e. The van der Waals surface area contributed by atoms with E-state index in [2.05, 4.69) is 20.6 Å². The van der Waals surface area contributed by atoms with Gasteiger partial charge in [-0.3, -0.25) is 4.79 Å².